The zero-order chi connectivity index (χ0) is 107. The second kappa shape index (κ2) is 66.1. The third-order valence-corrected chi connectivity index (χ3v) is 23.3. The maximum absolute atomic E-state index is 13.8. The quantitative estimate of drug-likeness (QED) is 0.0313. The second-order valence-electron chi connectivity index (χ2n) is 35.7. The molecular formula is C95H136BrN13O35. The maximum Gasteiger partial charge on any atom is 0.326 e. The number of allylic oxidation sites excluding steroid dienone is 2. The van der Waals surface area contributed by atoms with Gasteiger partial charge in [-0.1, -0.05) is 123 Å². The molecule has 0 radical (unpaired) electrons. The predicted octanol–water partition coefficient (Wildman–Crippen LogP) is 4.77. The van der Waals surface area contributed by atoms with Gasteiger partial charge >= 0.3 is 59.7 Å². The molecule has 0 bridgehead atoms. The van der Waals surface area contributed by atoms with Crippen LogP contribution >= 0.6 is 15.9 Å². The Hall–Kier alpha value is -13.8. The van der Waals surface area contributed by atoms with Crippen LogP contribution in [-0.4, -0.2) is 275 Å². The number of fused-ring (bicyclic) bond motifs is 2. The first-order valence-corrected chi connectivity index (χ1v) is 47.6. The molecule has 798 valence electrons. The van der Waals surface area contributed by atoms with Crippen molar-refractivity contribution in [1.29, 1.82) is 5.41 Å². The number of rotatable bonds is 75. The number of anilines is 1. The highest BCUT2D eigenvalue weighted by Crippen LogP contribution is 2.40. The zero-order valence-corrected chi connectivity index (χ0v) is 82.7. The van der Waals surface area contributed by atoms with Crippen LogP contribution in [0.4, 0.5) is 5.69 Å². The number of ketones is 4. The molecule has 0 fully saturated rings. The molecule has 49 heteroatoms. The Kier molecular flexibility index (Phi) is 57.9. The Labute approximate surface area is 838 Å². The molecule has 26 N–H and O–H groups in total. The lowest BCUT2D eigenvalue weighted by Crippen LogP contribution is -2.60. The Balaban J connectivity index is 0.00000275. The molecule has 1 aliphatic heterocycles. The fourth-order valence-electron chi connectivity index (χ4n) is 15.4. The molecule has 9 unspecified atom stereocenters. The standard InChI is InChI=1S/C78H122N10O34.C17H11BrN2O.H3N/c1-46(89)88-78(4,43-70(111)112)75(118)87-55(41-69(109)110)59(93)34-49(37-65(101)102)73(115)86-54(40-68(107)108)58(92)33-48(36-64(99)100)72(114)85-53(39-67(105)106)57(91)32-47(35-63(97)98)71(113)84-52(38-66(103)104)56(90)22-21-29-121-30-31-122-45-62(96)82-27-20-16-12-7-5-9-13-17-23-60(94)81-26-19-15-11-8-6-10-14-18-24-61(95)83-51(74(116)117)25-28-80-44-50(79)42-77(2,3)76(119)120;18-10-5-6-12-14(8-10)20-17(21)15(12)13-7-9-3-1-2-4-11(9)16(13)19;/h44,47-49,51-55,80H,5-43,45,79H2,1-4H3,(H,81,94)(H,82,96)(H,83,95)(H,84,113)(H,85,114)(H,86,115)(H,87,118)(H,88,89)(H,97,98)(H,99,100)(H,101,102)(H,103,104)(H,105,106)(H,107,108)(H,109,110)(H,111,112)(H,116,117)(H,119,120);1-6,8,19H,7H2,(H,20,21);1H3/b50-44-;15-13+,19-16?;. The molecule has 48 nitrogen and oxygen atoms in total. The van der Waals surface area contributed by atoms with Gasteiger partial charge < -0.3 is 126 Å². The van der Waals surface area contributed by atoms with Gasteiger partial charge in [-0.3, -0.25) is 111 Å². The number of halogens is 1. The minimum absolute atomic E-state index is 0. The van der Waals surface area contributed by atoms with Crippen molar-refractivity contribution in [2.24, 2.45) is 28.9 Å². The normalized spacial score (nSPS) is 14.5. The number of carbonyl (C=O) groups is 23. The van der Waals surface area contributed by atoms with Crippen molar-refractivity contribution in [3.8, 4) is 0 Å². The average Bonchev–Trinajstić information content (AvgIpc) is 1.60. The largest absolute Gasteiger partial charge is 0.481 e. The Bertz CT molecular complexity index is 4920. The van der Waals surface area contributed by atoms with Gasteiger partial charge in [-0.05, 0) is 82.6 Å². The van der Waals surface area contributed by atoms with Crippen molar-refractivity contribution < 1.29 is 171 Å². The molecule has 9 amide bonds. The smallest absolute Gasteiger partial charge is 0.326 e. The van der Waals surface area contributed by atoms with Crippen molar-refractivity contribution in [3.05, 3.63) is 81.1 Å². The number of aliphatic carboxylic acids is 10. The summed E-state index contributed by atoms with van der Waals surface area (Å²) in [5.74, 6) is -35.8. The first kappa shape index (κ1) is 126. The summed E-state index contributed by atoms with van der Waals surface area (Å²) in [5.41, 5.74) is 8.46. The van der Waals surface area contributed by atoms with Crippen molar-refractivity contribution in [2.75, 3.05) is 51.4 Å². The van der Waals surface area contributed by atoms with E-state index in [0.29, 0.717) is 49.3 Å². The Morgan fingerprint density at radius 3 is 1.32 bits per heavy atom. The number of benzene rings is 2. The van der Waals surface area contributed by atoms with Crippen LogP contribution in [0.25, 0.3) is 5.57 Å². The number of ether oxygens (including phenoxy) is 2. The third kappa shape index (κ3) is 50.2. The number of Topliss-reactive ketones (excluding diaryl/α,β-unsaturated/α-hetero) is 4. The summed E-state index contributed by atoms with van der Waals surface area (Å²) in [6, 6.07) is 3.92. The molecular weight excluding hydrogens is 1960 g/mol. The molecule has 0 spiro atoms. The van der Waals surface area contributed by atoms with E-state index in [1.165, 1.54) is 6.20 Å². The third-order valence-electron chi connectivity index (χ3n) is 22.8. The molecule has 144 heavy (non-hydrogen) atoms. The lowest BCUT2D eigenvalue weighted by Gasteiger charge is -2.30. The summed E-state index contributed by atoms with van der Waals surface area (Å²) in [4.78, 5) is 288. The minimum Gasteiger partial charge on any atom is -0.481 e. The lowest BCUT2D eigenvalue weighted by atomic mass is 9.88. The summed E-state index contributed by atoms with van der Waals surface area (Å²) < 4.78 is 11.7. The van der Waals surface area contributed by atoms with Gasteiger partial charge in [-0.25, -0.2) is 4.79 Å². The van der Waals surface area contributed by atoms with Crippen LogP contribution in [0, 0.1) is 28.6 Å². The summed E-state index contributed by atoms with van der Waals surface area (Å²) >= 11 is 3.41. The second-order valence-corrected chi connectivity index (χ2v) is 36.6. The van der Waals surface area contributed by atoms with Crippen LogP contribution in [0.15, 0.2) is 64.4 Å². The van der Waals surface area contributed by atoms with E-state index in [1.54, 1.807) is 13.8 Å². The van der Waals surface area contributed by atoms with E-state index in [1.807, 2.05) is 63.7 Å². The van der Waals surface area contributed by atoms with Gasteiger partial charge in [0, 0.05) is 112 Å². The van der Waals surface area contributed by atoms with Crippen molar-refractivity contribution in [1.82, 2.24) is 54.0 Å². The van der Waals surface area contributed by atoms with Crippen molar-refractivity contribution in [3.63, 3.8) is 0 Å². The van der Waals surface area contributed by atoms with Crippen LogP contribution < -0.4 is 65.1 Å². The van der Waals surface area contributed by atoms with E-state index >= 15 is 0 Å². The zero-order valence-electron chi connectivity index (χ0n) is 81.1. The first-order valence-electron chi connectivity index (χ1n) is 46.8. The maximum atomic E-state index is 13.8. The van der Waals surface area contributed by atoms with E-state index in [2.05, 4.69) is 47.8 Å². The van der Waals surface area contributed by atoms with E-state index < -0.39 is 248 Å². The fraction of sp³-hybridized carbons (Fsp3) is 0.579. The van der Waals surface area contributed by atoms with E-state index in [-0.39, 0.29) is 88.4 Å². The van der Waals surface area contributed by atoms with Gasteiger partial charge in [0.25, 0.3) is 5.91 Å². The van der Waals surface area contributed by atoms with Crippen LogP contribution in [0.1, 0.15) is 256 Å². The molecule has 0 saturated carbocycles. The number of hydrogen-bond acceptors (Lipinski definition) is 29. The highest BCUT2D eigenvalue weighted by Gasteiger charge is 2.43. The molecule has 1 heterocycles. The number of carboxylic acid groups (broad SMARTS) is 10. The number of unbranched alkanes of at least 4 members (excludes halogenated alkanes) is 14. The van der Waals surface area contributed by atoms with E-state index in [4.69, 9.17) is 20.6 Å². The Morgan fingerprint density at radius 1 is 0.458 bits per heavy atom. The number of amides is 9. The summed E-state index contributed by atoms with van der Waals surface area (Å²) in [5, 5.41) is 128. The van der Waals surface area contributed by atoms with Crippen LogP contribution in [0.2, 0.25) is 0 Å². The van der Waals surface area contributed by atoms with E-state index in [9.17, 15) is 161 Å². The van der Waals surface area contributed by atoms with Crippen molar-refractivity contribution in [2.45, 2.75) is 282 Å². The van der Waals surface area contributed by atoms with Gasteiger partial charge in [0.1, 0.15) is 18.2 Å². The van der Waals surface area contributed by atoms with Gasteiger partial charge in [0.15, 0.2) is 23.1 Å². The number of carbonyl (C=O) groups excluding carboxylic acids is 13. The fourth-order valence-corrected chi connectivity index (χ4v) is 15.7. The first-order chi connectivity index (χ1) is 67.3. The number of nitrogens with two attached hydrogens (primary N) is 1. The Morgan fingerprint density at radius 2 is 0.882 bits per heavy atom. The number of carboxylic acids is 10. The predicted molar refractivity (Wildman–Crippen MR) is 514 cm³/mol. The van der Waals surface area contributed by atoms with Gasteiger partial charge in [0.05, 0.1) is 129 Å². The highest BCUT2D eigenvalue weighted by atomic mass is 79.9. The summed E-state index contributed by atoms with van der Waals surface area (Å²) in [6.07, 6.45) is 3.05. The number of nitrogens with one attached hydrogen (secondary N) is 11. The SMILES string of the molecule is CC(=O)NC(C)(CC(=O)O)C(=O)NC(CC(=O)O)C(=O)CC(CC(=O)O)C(=O)NC(CC(=O)O)C(=O)CC(CC(=O)O)C(=O)NC(CC(=O)O)C(=O)CC(CC(=O)O)C(=O)NC(CC(=O)O)C(=O)CCCOCCOCC(=O)NCCCCCCCCCCC(=O)NCCCCCCCCCCC(=O)NC(CCN/C=C(\N)CC(C)(C)C(=O)O)C(=O)O.N.N=C1/C(=C2/C(=O)Nc3cc(Br)ccc32)Cc2ccccc21. The van der Waals surface area contributed by atoms with Gasteiger partial charge in [-0.15, -0.1) is 0 Å². The van der Waals surface area contributed by atoms with Crippen LogP contribution in [-0.2, 0) is 126 Å². The van der Waals surface area contributed by atoms with E-state index in [0.717, 1.165) is 143 Å². The minimum atomic E-state index is -2.32. The summed E-state index contributed by atoms with van der Waals surface area (Å²) in [6.45, 7) is 5.64. The molecule has 0 saturated heterocycles. The molecule has 2 aromatic rings. The van der Waals surface area contributed by atoms with Crippen molar-refractivity contribution >= 4 is 169 Å². The molecule has 9 atom stereocenters. The number of hydrogen-bond donors (Lipinski definition) is 23. The van der Waals surface area contributed by atoms with Crippen LogP contribution in [0.5, 0.6) is 0 Å². The average molecular weight is 2100 g/mol. The molecule has 2 aromatic carbocycles. The highest BCUT2D eigenvalue weighted by molar-refractivity contribution is 9.10. The lowest BCUT2D eigenvalue weighted by molar-refractivity contribution is -0.147. The summed E-state index contributed by atoms with van der Waals surface area (Å²) in [7, 11) is 0. The molecule has 4 rings (SSSR count). The topological polar surface area (TPSA) is 819 Å². The van der Waals surface area contributed by atoms with Gasteiger partial charge in [0.2, 0.25) is 47.3 Å². The van der Waals surface area contributed by atoms with Gasteiger partial charge in [-0.2, -0.15) is 0 Å². The molecule has 0 aromatic heterocycles. The molecule has 2 aliphatic rings. The molecule has 1 aliphatic carbocycles. The van der Waals surface area contributed by atoms with Crippen LogP contribution in [0.3, 0.4) is 0 Å². The monoisotopic (exact) mass is 2100 g/mol.